The zero-order valence-corrected chi connectivity index (χ0v) is 11.8. The van der Waals surface area contributed by atoms with Gasteiger partial charge >= 0.3 is 0 Å². The van der Waals surface area contributed by atoms with Crippen molar-refractivity contribution in [3.05, 3.63) is 17.2 Å². The molecule has 0 aliphatic rings. The number of alkyl halides is 1. The second-order valence-electron chi connectivity index (χ2n) is 3.53. The van der Waals surface area contributed by atoms with Crippen LogP contribution in [0.1, 0.15) is 12.8 Å². The number of hydrogen-bond acceptors (Lipinski definition) is 3. The number of carbonyl (C=O) groups excluding carboxylic acids is 1. The smallest absolute Gasteiger partial charge is 0.224 e. The molecule has 0 aliphatic carbocycles. The molecule has 0 unspecified atom stereocenters. The highest BCUT2D eigenvalue weighted by Gasteiger charge is 2.11. The van der Waals surface area contributed by atoms with Crippen LogP contribution in [-0.2, 0) is 4.79 Å². The molecule has 0 spiro atoms. The molecule has 1 amide bonds. The van der Waals surface area contributed by atoms with Crippen molar-refractivity contribution in [2.75, 3.05) is 25.4 Å². The molecular formula is C12H15Cl2NO3. The molecule has 1 aromatic rings. The Labute approximate surface area is 116 Å². The lowest BCUT2D eigenvalue weighted by molar-refractivity contribution is -0.116. The van der Waals surface area contributed by atoms with Crippen molar-refractivity contribution in [3.63, 3.8) is 0 Å². The van der Waals surface area contributed by atoms with Crippen molar-refractivity contribution in [1.82, 2.24) is 0 Å². The van der Waals surface area contributed by atoms with E-state index in [1.165, 1.54) is 14.2 Å². The molecule has 0 fully saturated rings. The molecule has 0 bridgehead atoms. The fourth-order valence-corrected chi connectivity index (χ4v) is 1.72. The van der Waals surface area contributed by atoms with Crippen LogP contribution in [-0.4, -0.2) is 26.0 Å². The summed E-state index contributed by atoms with van der Waals surface area (Å²) in [5.74, 6) is 1.34. The Morgan fingerprint density at radius 3 is 2.44 bits per heavy atom. The van der Waals surface area contributed by atoms with Gasteiger partial charge in [-0.1, -0.05) is 11.6 Å². The van der Waals surface area contributed by atoms with Gasteiger partial charge in [0, 0.05) is 24.4 Å². The third-order valence-corrected chi connectivity index (χ3v) is 2.86. The molecule has 4 nitrogen and oxygen atoms in total. The average molecular weight is 292 g/mol. The summed E-state index contributed by atoms with van der Waals surface area (Å²) < 4.78 is 10.2. The van der Waals surface area contributed by atoms with Crippen molar-refractivity contribution >= 4 is 34.8 Å². The Balaban J connectivity index is 2.85. The summed E-state index contributed by atoms with van der Waals surface area (Å²) in [6, 6.07) is 3.22. The summed E-state index contributed by atoms with van der Waals surface area (Å²) in [5.41, 5.74) is 0.494. The zero-order valence-electron chi connectivity index (χ0n) is 10.3. The molecule has 6 heteroatoms. The predicted octanol–water partition coefficient (Wildman–Crippen LogP) is 3.31. The number of methoxy groups -OCH3 is 2. The van der Waals surface area contributed by atoms with Gasteiger partial charge in [0.2, 0.25) is 5.91 Å². The van der Waals surface area contributed by atoms with Crippen molar-refractivity contribution < 1.29 is 14.3 Å². The summed E-state index contributed by atoms with van der Waals surface area (Å²) in [6.07, 6.45) is 0.979. The van der Waals surface area contributed by atoms with Gasteiger partial charge in [0.1, 0.15) is 0 Å². The highest BCUT2D eigenvalue weighted by atomic mass is 35.5. The maximum absolute atomic E-state index is 11.6. The highest BCUT2D eigenvalue weighted by Crippen LogP contribution is 2.36. The second kappa shape index (κ2) is 7.34. The number of benzene rings is 1. The molecule has 0 aliphatic heterocycles. The third kappa shape index (κ3) is 3.96. The molecule has 1 rings (SSSR count). The van der Waals surface area contributed by atoms with Gasteiger partial charge in [0.05, 0.1) is 24.9 Å². The predicted molar refractivity (Wildman–Crippen MR) is 73.1 cm³/mol. The van der Waals surface area contributed by atoms with Crippen LogP contribution < -0.4 is 14.8 Å². The van der Waals surface area contributed by atoms with Crippen molar-refractivity contribution in [3.8, 4) is 11.5 Å². The van der Waals surface area contributed by atoms with Gasteiger partial charge in [-0.25, -0.2) is 0 Å². The first-order valence-electron chi connectivity index (χ1n) is 5.39. The Morgan fingerprint density at radius 2 is 1.89 bits per heavy atom. The van der Waals surface area contributed by atoms with Gasteiger partial charge in [-0.3, -0.25) is 4.79 Å². The standard InChI is InChI=1S/C12H15Cl2NO3/c1-17-10-6-8(14)9(7-11(10)18-2)15-12(16)4-3-5-13/h6-7H,3-5H2,1-2H3,(H,15,16). The lowest BCUT2D eigenvalue weighted by atomic mass is 10.2. The first-order chi connectivity index (χ1) is 8.62. The molecule has 0 saturated carbocycles. The monoisotopic (exact) mass is 291 g/mol. The maximum atomic E-state index is 11.6. The van der Waals surface area contributed by atoms with E-state index in [1.54, 1.807) is 12.1 Å². The summed E-state index contributed by atoms with van der Waals surface area (Å²) in [6.45, 7) is 0. The third-order valence-electron chi connectivity index (χ3n) is 2.28. The minimum absolute atomic E-state index is 0.134. The molecule has 18 heavy (non-hydrogen) atoms. The van der Waals surface area contributed by atoms with E-state index >= 15 is 0 Å². The van der Waals surface area contributed by atoms with Gasteiger partial charge in [-0.2, -0.15) is 0 Å². The van der Waals surface area contributed by atoms with Crippen molar-refractivity contribution in [2.24, 2.45) is 0 Å². The largest absolute Gasteiger partial charge is 0.493 e. The summed E-state index contributed by atoms with van der Waals surface area (Å²) >= 11 is 11.6. The number of hydrogen-bond donors (Lipinski definition) is 1. The van der Waals surface area contributed by atoms with E-state index in [-0.39, 0.29) is 5.91 Å². The fraction of sp³-hybridized carbons (Fsp3) is 0.417. The van der Waals surface area contributed by atoms with Crippen LogP contribution in [0.3, 0.4) is 0 Å². The first kappa shape index (κ1) is 14.9. The van der Waals surface area contributed by atoms with Gasteiger partial charge in [-0.05, 0) is 6.42 Å². The number of rotatable bonds is 6. The Kier molecular flexibility index (Phi) is 6.09. The molecule has 100 valence electrons. The van der Waals surface area contributed by atoms with E-state index in [9.17, 15) is 4.79 Å². The van der Waals surface area contributed by atoms with Crippen molar-refractivity contribution in [2.45, 2.75) is 12.8 Å². The minimum atomic E-state index is -0.134. The lowest BCUT2D eigenvalue weighted by Crippen LogP contribution is -2.11. The van der Waals surface area contributed by atoms with Crippen LogP contribution in [0.25, 0.3) is 0 Å². The fourth-order valence-electron chi connectivity index (χ4n) is 1.39. The average Bonchev–Trinajstić information content (AvgIpc) is 2.38. The Hall–Kier alpha value is -1.13. The van der Waals surface area contributed by atoms with Crippen molar-refractivity contribution in [1.29, 1.82) is 0 Å². The SMILES string of the molecule is COc1cc(Cl)c(NC(=O)CCCCl)cc1OC. The van der Waals surface area contributed by atoms with Crippen LogP contribution in [0.2, 0.25) is 5.02 Å². The first-order valence-corrected chi connectivity index (χ1v) is 6.31. The second-order valence-corrected chi connectivity index (χ2v) is 4.31. The quantitative estimate of drug-likeness (QED) is 0.818. The number of ether oxygens (including phenoxy) is 2. The number of carbonyl (C=O) groups is 1. The van der Waals surface area contributed by atoms with E-state index in [4.69, 9.17) is 32.7 Å². The van der Waals surface area contributed by atoms with E-state index in [1.807, 2.05) is 0 Å². The van der Waals surface area contributed by atoms with Gasteiger partial charge in [0.25, 0.3) is 0 Å². The van der Waals surface area contributed by atoms with Crippen LogP contribution >= 0.6 is 23.2 Å². The zero-order chi connectivity index (χ0) is 13.5. The van der Waals surface area contributed by atoms with Gasteiger partial charge in [0.15, 0.2) is 11.5 Å². The number of amides is 1. The molecule has 1 N–H and O–H groups in total. The van der Waals surface area contributed by atoms with E-state index < -0.39 is 0 Å². The van der Waals surface area contributed by atoms with E-state index in [2.05, 4.69) is 5.32 Å². The molecule has 0 heterocycles. The summed E-state index contributed by atoms with van der Waals surface area (Å²) in [7, 11) is 3.04. The van der Waals surface area contributed by atoms with Crippen LogP contribution in [0, 0.1) is 0 Å². The number of halogens is 2. The molecule has 0 aromatic heterocycles. The normalized spacial score (nSPS) is 10.0. The minimum Gasteiger partial charge on any atom is -0.493 e. The molecule has 1 aromatic carbocycles. The maximum Gasteiger partial charge on any atom is 0.224 e. The summed E-state index contributed by atoms with van der Waals surface area (Å²) in [4.78, 5) is 11.6. The van der Waals surface area contributed by atoms with Gasteiger partial charge < -0.3 is 14.8 Å². The Morgan fingerprint density at radius 1 is 1.28 bits per heavy atom. The molecular weight excluding hydrogens is 277 g/mol. The van der Waals surface area contributed by atoms with Crippen LogP contribution in [0.4, 0.5) is 5.69 Å². The molecule has 0 radical (unpaired) electrons. The van der Waals surface area contributed by atoms with Gasteiger partial charge in [-0.15, -0.1) is 11.6 Å². The number of nitrogens with one attached hydrogen (secondary N) is 1. The Bertz CT molecular complexity index is 424. The number of anilines is 1. The molecule has 0 saturated heterocycles. The van der Waals surface area contributed by atoms with E-state index in [0.29, 0.717) is 40.9 Å². The molecule has 0 atom stereocenters. The highest BCUT2D eigenvalue weighted by molar-refractivity contribution is 6.34. The van der Waals surface area contributed by atoms with Crippen LogP contribution in [0.15, 0.2) is 12.1 Å². The van der Waals surface area contributed by atoms with Crippen LogP contribution in [0.5, 0.6) is 11.5 Å². The topological polar surface area (TPSA) is 47.6 Å². The lowest BCUT2D eigenvalue weighted by Gasteiger charge is -2.12. The van der Waals surface area contributed by atoms with E-state index in [0.717, 1.165) is 0 Å². The summed E-state index contributed by atoms with van der Waals surface area (Å²) in [5, 5.41) is 3.10.